The lowest BCUT2D eigenvalue weighted by atomic mass is 10.2. The topological polar surface area (TPSA) is 55.4 Å². The average molecular weight is 437 g/mol. The summed E-state index contributed by atoms with van der Waals surface area (Å²) in [5.41, 5.74) is 1.09. The molecule has 0 radical (unpaired) electrons. The van der Waals surface area contributed by atoms with Crippen molar-refractivity contribution in [2.75, 3.05) is 39.6 Å². The molecule has 0 aliphatic carbocycles. The molecule has 0 unspecified atom stereocenters. The standard InChI is InChI=1S/C26H28O6/c1-2-8-21(9-3-1)18-30-22-19-31-25-12-6-4-10-23(25)28-16-14-27-15-17-29-24-11-5-7-13-26(24)32-20-22/h1-13,22H,14-20H2. The first-order valence-electron chi connectivity index (χ1n) is 10.8. The van der Waals surface area contributed by atoms with Gasteiger partial charge in [-0.25, -0.2) is 0 Å². The third kappa shape index (κ3) is 6.64. The van der Waals surface area contributed by atoms with Gasteiger partial charge in [-0.15, -0.1) is 0 Å². The Bertz CT molecular complexity index is 890. The highest BCUT2D eigenvalue weighted by Gasteiger charge is 2.16. The number of para-hydroxylation sites is 4. The van der Waals surface area contributed by atoms with E-state index in [2.05, 4.69) is 0 Å². The van der Waals surface area contributed by atoms with Gasteiger partial charge in [-0.2, -0.15) is 0 Å². The molecule has 168 valence electrons. The van der Waals surface area contributed by atoms with Crippen molar-refractivity contribution in [2.24, 2.45) is 0 Å². The minimum atomic E-state index is -0.299. The van der Waals surface area contributed by atoms with E-state index in [1.165, 1.54) is 0 Å². The van der Waals surface area contributed by atoms with Crippen LogP contribution in [0.1, 0.15) is 5.56 Å². The molecule has 1 heterocycles. The maximum Gasteiger partial charge on any atom is 0.161 e. The fourth-order valence-corrected chi connectivity index (χ4v) is 3.20. The molecule has 3 aromatic carbocycles. The summed E-state index contributed by atoms with van der Waals surface area (Å²) >= 11 is 0. The first-order valence-corrected chi connectivity index (χ1v) is 10.8. The predicted octanol–water partition coefficient (Wildman–Crippen LogP) is 4.52. The van der Waals surface area contributed by atoms with E-state index in [9.17, 15) is 0 Å². The van der Waals surface area contributed by atoms with Gasteiger partial charge in [-0.3, -0.25) is 0 Å². The van der Waals surface area contributed by atoms with E-state index in [4.69, 9.17) is 28.4 Å². The molecule has 0 saturated heterocycles. The number of rotatable bonds is 3. The Morgan fingerprint density at radius 2 is 1.03 bits per heavy atom. The fraction of sp³-hybridized carbons (Fsp3) is 0.308. The Labute approximate surface area is 188 Å². The van der Waals surface area contributed by atoms with Gasteiger partial charge in [-0.1, -0.05) is 54.6 Å². The van der Waals surface area contributed by atoms with E-state index in [0.717, 1.165) is 5.56 Å². The van der Waals surface area contributed by atoms with Crippen molar-refractivity contribution in [2.45, 2.75) is 12.7 Å². The van der Waals surface area contributed by atoms with Crippen LogP contribution in [0, 0.1) is 0 Å². The highest BCUT2D eigenvalue weighted by atomic mass is 16.6. The molecule has 4 rings (SSSR count). The third-order valence-electron chi connectivity index (χ3n) is 4.85. The maximum absolute atomic E-state index is 6.15. The van der Waals surface area contributed by atoms with Crippen LogP contribution in [-0.2, 0) is 16.1 Å². The SMILES string of the molecule is c1ccc(COC2COc3ccccc3OCCOCCOc3ccccc3OC2)cc1. The van der Waals surface area contributed by atoms with Crippen LogP contribution in [0.15, 0.2) is 78.9 Å². The summed E-state index contributed by atoms with van der Waals surface area (Å²) in [5, 5.41) is 0. The molecule has 1 aliphatic rings. The monoisotopic (exact) mass is 436 g/mol. The van der Waals surface area contributed by atoms with Gasteiger partial charge in [0, 0.05) is 0 Å². The van der Waals surface area contributed by atoms with Gasteiger partial charge in [0.1, 0.15) is 32.5 Å². The van der Waals surface area contributed by atoms with Crippen LogP contribution in [0.5, 0.6) is 23.0 Å². The number of fused-ring (bicyclic) bond motifs is 2. The van der Waals surface area contributed by atoms with Gasteiger partial charge < -0.3 is 28.4 Å². The summed E-state index contributed by atoms with van der Waals surface area (Å²) in [6, 6.07) is 25.3. The molecule has 3 aromatic rings. The Morgan fingerprint density at radius 1 is 0.562 bits per heavy atom. The van der Waals surface area contributed by atoms with Gasteiger partial charge in [0.15, 0.2) is 23.0 Å². The molecule has 0 amide bonds. The van der Waals surface area contributed by atoms with Crippen LogP contribution in [0.2, 0.25) is 0 Å². The zero-order valence-electron chi connectivity index (χ0n) is 18.0. The number of benzene rings is 3. The Morgan fingerprint density at radius 3 is 1.56 bits per heavy atom. The first-order chi connectivity index (χ1) is 15.9. The Balaban J connectivity index is 1.49. The molecule has 6 heteroatoms. The van der Waals surface area contributed by atoms with Crippen LogP contribution in [0.25, 0.3) is 0 Å². The molecule has 32 heavy (non-hydrogen) atoms. The van der Waals surface area contributed by atoms with E-state index in [0.29, 0.717) is 69.2 Å². The second-order valence-electron chi connectivity index (χ2n) is 7.24. The van der Waals surface area contributed by atoms with Crippen molar-refractivity contribution in [3.63, 3.8) is 0 Å². The summed E-state index contributed by atoms with van der Waals surface area (Å²) in [6.07, 6.45) is -0.299. The quantitative estimate of drug-likeness (QED) is 0.602. The van der Waals surface area contributed by atoms with Crippen LogP contribution in [0.4, 0.5) is 0 Å². The molecular formula is C26H28O6. The molecule has 0 bridgehead atoms. The zero-order valence-corrected chi connectivity index (χ0v) is 18.0. The first kappa shape index (κ1) is 22.0. The van der Waals surface area contributed by atoms with Crippen LogP contribution >= 0.6 is 0 Å². The van der Waals surface area contributed by atoms with Gasteiger partial charge in [0.05, 0.1) is 19.8 Å². The molecule has 0 saturated carbocycles. The maximum atomic E-state index is 6.15. The van der Waals surface area contributed by atoms with Crippen LogP contribution in [0.3, 0.4) is 0 Å². The van der Waals surface area contributed by atoms with Crippen molar-refractivity contribution >= 4 is 0 Å². The van der Waals surface area contributed by atoms with Gasteiger partial charge >= 0.3 is 0 Å². The van der Waals surface area contributed by atoms with Gasteiger partial charge in [-0.05, 0) is 29.8 Å². The Hall–Kier alpha value is -3.22. The summed E-state index contributed by atoms with van der Waals surface area (Å²) in [5.74, 6) is 2.67. The van der Waals surface area contributed by atoms with Crippen LogP contribution in [-0.4, -0.2) is 45.7 Å². The molecule has 6 nitrogen and oxygen atoms in total. The molecule has 0 spiro atoms. The minimum Gasteiger partial charge on any atom is -0.487 e. The second kappa shape index (κ2) is 12.0. The van der Waals surface area contributed by atoms with E-state index in [1.807, 2.05) is 78.9 Å². The smallest absolute Gasteiger partial charge is 0.161 e. The summed E-state index contributed by atoms with van der Waals surface area (Å²) < 4.78 is 35.6. The molecule has 0 fully saturated rings. The zero-order chi connectivity index (χ0) is 21.8. The van der Waals surface area contributed by atoms with E-state index >= 15 is 0 Å². The molecule has 0 aromatic heterocycles. The van der Waals surface area contributed by atoms with Crippen molar-refractivity contribution in [3.8, 4) is 23.0 Å². The molecule has 0 atom stereocenters. The lowest BCUT2D eigenvalue weighted by Crippen LogP contribution is -2.29. The normalized spacial score (nSPS) is 15.8. The Kier molecular flexibility index (Phi) is 8.23. The van der Waals surface area contributed by atoms with Gasteiger partial charge in [0.2, 0.25) is 0 Å². The lowest BCUT2D eigenvalue weighted by molar-refractivity contribution is -0.0183. The summed E-state index contributed by atoms with van der Waals surface area (Å²) in [4.78, 5) is 0. The van der Waals surface area contributed by atoms with Crippen molar-refractivity contribution < 1.29 is 28.4 Å². The van der Waals surface area contributed by atoms with E-state index in [1.54, 1.807) is 0 Å². The minimum absolute atomic E-state index is 0.299. The third-order valence-corrected chi connectivity index (χ3v) is 4.85. The highest BCUT2D eigenvalue weighted by molar-refractivity contribution is 5.40. The van der Waals surface area contributed by atoms with E-state index in [-0.39, 0.29) is 6.10 Å². The lowest BCUT2D eigenvalue weighted by Gasteiger charge is -2.21. The number of hydrogen-bond donors (Lipinski definition) is 0. The predicted molar refractivity (Wildman–Crippen MR) is 121 cm³/mol. The molecule has 1 aliphatic heterocycles. The summed E-state index contributed by atoms with van der Waals surface area (Å²) in [6.45, 7) is 2.85. The highest BCUT2D eigenvalue weighted by Crippen LogP contribution is 2.28. The number of ether oxygens (including phenoxy) is 6. The summed E-state index contributed by atoms with van der Waals surface area (Å²) in [7, 11) is 0. The largest absolute Gasteiger partial charge is 0.487 e. The molecule has 0 N–H and O–H groups in total. The van der Waals surface area contributed by atoms with E-state index < -0.39 is 0 Å². The van der Waals surface area contributed by atoms with Crippen LogP contribution < -0.4 is 18.9 Å². The van der Waals surface area contributed by atoms with Gasteiger partial charge in [0.25, 0.3) is 0 Å². The van der Waals surface area contributed by atoms with Crippen molar-refractivity contribution in [1.82, 2.24) is 0 Å². The fourth-order valence-electron chi connectivity index (χ4n) is 3.20. The average Bonchev–Trinajstić information content (AvgIpc) is 2.84. The second-order valence-corrected chi connectivity index (χ2v) is 7.24. The van der Waals surface area contributed by atoms with Crippen molar-refractivity contribution in [1.29, 1.82) is 0 Å². The van der Waals surface area contributed by atoms with Crippen molar-refractivity contribution in [3.05, 3.63) is 84.4 Å². The molecular weight excluding hydrogens is 408 g/mol. The number of hydrogen-bond acceptors (Lipinski definition) is 6.